The van der Waals surface area contributed by atoms with E-state index in [1.807, 2.05) is 41.3 Å². The molecule has 0 aliphatic carbocycles. The minimum atomic E-state index is -0.366. The second kappa shape index (κ2) is 9.91. The Morgan fingerprint density at radius 2 is 1.69 bits per heavy atom. The second-order valence-corrected chi connectivity index (χ2v) is 9.25. The van der Waals surface area contributed by atoms with Crippen LogP contribution in [0, 0.1) is 10.1 Å². The molecule has 2 aliphatic rings. The zero-order valence-electron chi connectivity index (χ0n) is 19.3. The van der Waals surface area contributed by atoms with Crippen molar-refractivity contribution in [2.24, 2.45) is 0 Å². The van der Waals surface area contributed by atoms with Gasteiger partial charge >= 0.3 is 0 Å². The summed E-state index contributed by atoms with van der Waals surface area (Å²) < 4.78 is 5.63. The molecular formula is C25H27N5O4S. The molecule has 182 valence electrons. The van der Waals surface area contributed by atoms with Crippen molar-refractivity contribution in [3.8, 4) is 0 Å². The maximum absolute atomic E-state index is 12.6. The molecule has 0 bridgehead atoms. The Labute approximate surface area is 208 Å². The lowest BCUT2D eigenvalue weighted by Crippen LogP contribution is -2.52. The molecule has 0 spiro atoms. The van der Waals surface area contributed by atoms with Crippen molar-refractivity contribution in [1.82, 2.24) is 10.2 Å². The maximum Gasteiger partial charge on any atom is 0.293 e. The molecule has 3 heterocycles. The molecular weight excluding hydrogens is 466 g/mol. The number of fused-ring (bicyclic) bond motifs is 1. The van der Waals surface area contributed by atoms with Gasteiger partial charge in [-0.2, -0.15) is 0 Å². The van der Waals surface area contributed by atoms with Gasteiger partial charge in [0.25, 0.3) is 11.6 Å². The van der Waals surface area contributed by atoms with Crippen molar-refractivity contribution in [2.45, 2.75) is 19.3 Å². The SMILES string of the molecule is O=C(NC(=S)N1CCN(c2ccc([N+](=O)[O-])c(N3CCCCC3)c2)CC1)c1cc2ccccc2o1. The van der Waals surface area contributed by atoms with Crippen LogP contribution in [0.3, 0.4) is 0 Å². The van der Waals surface area contributed by atoms with Crippen molar-refractivity contribution in [3.63, 3.8) is 0 Å². The summed E-state index contributed by atoms with van der Waals surface area (Å²) in [4.78, 5) is 30.3. The van der Waals surface area contributed by atoms with Crippen molar-refractivity contribution < 1.29 is 14.1 Å². The Bertz CT molecular complexity index is 1230. The van der Waals surface area contributed by atoms with Crippen LogP contribution in [-0.2, 0) is 0 Å². The number of para-hydroxylation sites is 1. The van der Waals surface area contributed by atoms with Crippen molar-refractivity contribution >= 4 is 51.3 Å². The maximum atomic E-state index is 12.6. The van der Waals surface area contributed by atoms with E-state index < -0.39 is 0 Å². The molecule has 2 saturated heterocycles. The lowest BCUT2D eigenvalue weighted by molar-refractivity contribution is -0.384. The highest BCUT2D eigenvalue weighted by Crippen LogP contribution is 2.34. The molecule has 35 heavy (non-hydrogen) atoms. The zero-order chi connectivity index (χ0) is 24.4. The van der Waals surface area contributed by atoms with Crippen molar-refractivity contribution in [3.05, 3.63) is 64.4 Å². The summed E-state index contributed by atoms with van der Waals surface area (Å²) in [6, 6.07) is 14.6. The van der Waals surface area contributed by atoms with E-state index in [0.29, 0.717) is 42.6 Å². The number of piperazine rings is 1. The van der Waals surface area contributed by atoms with E-state index in [1.54, 1.807) is 12.1 Å². The number of anilines is 2. The number of benzene rings is 2. The average molecular weight is 494 g/mol. The number of rotatable bonds is 4. The fourth-order valence-corrected chi connectivity index (χ4v) is 5.03. The number of carbonyl (C=O) groups excluding carboxylic acids is 1. The zero-order valence-corrected chi connectivity index (χ0v) is 20.1. The Morgan fingerprint density at radius 1 is 0.943 bits per heavy atom. The third-order valence-corrected chi connectivity index (χ3v) is 7.01. The fraction of sp³-hybridized carbons (Fsp3) is 0.360. The van der Waals surface area contributed by atoms with E-state index >= 15 is 0 Å². The number of nitro benzene ring substituents is 1. The number of carbonyl (C=O) groups is 1. The van der Waals surface area contributed by atoms with Gasteiger partial charge in [0, 0.05) is 56.4 Å². The normalized spacial score (nSPS) is 16.4. The van der Waals surface area contributed by atoms with Gasteiger partial charge in [0.05, 0.1) is 4.92 Å². The van der Waals surface area contributed by atoms with Crippen molar-refractivity contribution in [2.75, 3.05) is 49.1 Å². The van der Waals surface area contributed by atoms with Gasteiger partial charge in [-0.05, 0) is 55.7 Å². The molecule has 3 aromatic rings. The van der Waals surface area contributed by atoms with E-state index in [0.717, 1.165) is 37.0 Å². The topological polar surface area (TPSA) is 95.1 Å². The average Bonchev–Trinajstić information content (AvgIpc) is 3.33. The first-order valence-corrected chi connectivity index (χ1v) is 12.3. The minimum absolute atomic E-state index is 0.156. The highest BCUT2D eigenvalue weighted by Gasteiger charge is 2.25. The van der Waals surface area contributed by atoms with Crippen LogP contribution in [0.15, 0.2) is 52.9 Å². The molecule has 2 fully saturated rings. The van der Waals surface area contributed by atoms with Crippen LogP contribution in [0.4, 0.5) is 17.1 Å². The third kappa shape index (κ3) is 4.93. The summed E-state index contributed by atoms with van der Waals surface area (Å²) in [5.74, 6) is -0.140. The molecule has 2 aromatic carbocycles. The monoisotopic (exact) mass is 493 g/mol. The van der Waals surface area contributed by atoms with Gasteiger partial charge < -0.3 is 19.1 Å². The molecule has 1 aromatic heterocycles. The smallest absolute Gasteiger partial charge is 0.293 e. The molecule has 2 aliphatic heterocycles. The van der Waals surface area contributed by atoms with E-state index in [4.69, 9.17) is 16.6 Å². The number of hydrogen-bond acceptors (Lipinski definition) is 7. The van der Waals surface area contributed by atoms with Gasteiger partial charge in [-0.15, -0.1) is 0 Å². The van der Waals surface area contributed by atoms with Crippen LogP contribution in [0.25, 0.3) is 11.0 Å². The minimum Gasteiger partial charge on any atom is -0.451 e. The molecule has 0 atom stereocenters. The van der Waals surface area contributed by atoms with Gasteiger partial charge in [0.15, 0.2) is 10.9 Å². The summed E-state index contributed by atoms with van der Waals surface area (Å²) in [6.45, 7) is 4.34. The van der Waals surface area contributed by atoms with E-state index in [2.05, 4.69) is 15.1 Å². The molecule has 1 amide bonds. The molecule has 0 radical (unpaired) electrons. The molecule has 1 N–H and O–H groups in total. The lowest BCUT2D eigenvalue weighted by atomic mass is 10.1. The van der Waals surface area contributed by atoms with Gasteiger partial charge in [-0.25, -0.2) is 0 Å². The first-order valence-electron chi connectivity index (χ1n) is 11.9. The Morgan fingerprint density at radius 3 is 2.40 bits per heavy atom. The molecule has 0 unspecified atom stereocenters. The van der Waals surface area contributed by atoms with Gasteiger partial charge in [0.2, 0.25) is 0 Å². The van der Waals surface area contributed by atoms with Crippen LogP contribution < -0.4 is 15.1 Å². The first kappa shape index (κ1) is 23.1. The Hall–Kier alpha value is -3.66. The fourth-order valence-electron chi connectivity index (χ4n) is 4.75. The van der Waals surface area contributed by atoms with Crippen LogP contribution in [0.2, 0.25) is 0 Å². The second-order valence-electron chi connectivity index (χ2n) is 8.86. The van der Waals surface area contributed by atoms with E-state index in [-0.39, 0.29) is 22.3 Å². The van der Waals surface area contributed by atoms with Gasteiger partial charge in [-0.1, -0.05) is 18.2 Å². The third-order valence-electron chi connectivity index (χ3n) is 6.65. The lowest BCUT2D eigenvalue weighted by Gasteiger charge is -2.37. The summed E-state index contributed by atoms with van der Waals surface area (Å²) in [7, 11) is 0. The summed E-state index contributed by atoms with van der Waals surface area (Å²) in [5.41, 5.74) is 2.48. The van der Waals surface area contributed by atoms with E-state index in [1.165, 1.54) is 6.42 Å². The molecule has 0 saturated carbocycles. The summed E-state index contributed by atoms with van der Waals surface area (Å²) in [6.07, 6.45) is 3.27. The van der Waals surface area contributed by atoms with Crippen LogP contribution in [0.5, 0.6) is 0 Å². The van der Waals surface area contributed by atoms with Gasteiger partial charge in [0.1, 0.15) is 11.3 Å². The number of furan rings is 1. The predicted octanol–water partition coefficient (Wildman–Crippen LogP) is 4.17. The number of nitrogens with one attached hydrogen (secondary N) is 1. The Kier molecular flexibility index (Phi) is 6.54. The van der Waals surface area contributed by atoms with Crippen LogP contribution >= 0.6 is 12.2 Å². The molecule has 5 rings (SSSR count). The van der Waals surface area contributed by atoms with Crippen LogP contribution in [0.1, 0.15) is 29.8 Å². The first-order chi connectivity index (χ1) is 17.0. The number of nitro groups is 1. The van der Waals surface area contributed by atoms with Crippen molar-refractivity contribution in [1.29, 1.82) is 0 Å². The van der Waals surface area contributed by atoms with Crippen LogP contribution in [-0.4, -0.2) is 60.1 Å². The quantitative estimate of drug-likeness (QED) is 0.329. The number of hydrogen-bond donors (Lipinski definition) is 1. The number of nitrogens with zero attached hydrogens (tertiary/aromatic N) is 4. The highest BCUT2D eigenvalue weighted by molar-refractivity contribution is 7.80. The predicted molar refractivity (Wildman–Crippen MR) is 139 cm³/mol. The van der Waals surface area contributed by atoms with Gasteiger partial charge in [-0.3, -0.25) is 20.2 Å². The van der Waals surface area contributed by atoms with E-state index in [9.17, 15) is 14.9 Å². The molecule has 9 nitrogen and oxygen atoms in total. The standard InChI is InChI=1S/C25H27N5O4S/c31-24(23-16-18-6-2-3-7-22(18)34-23)26-25(35)29-14-12-27(13-15-29)19-8-9-20(30(32)33)21(17-19)28-10-4-1-5-11-28/h2-3,6-9,16-17H,1,4-5,10-15H2,(H,26,31,35). The highest BCUT2D eigenvalue weighted by atomic mass is 32.1. The summed E-state index contributed by atoms with van der Waals surface area (Å²) in [5, 5.41) is 15.6. The Balaban J connectivity index is 1.22. The number of amides is 1. The molecule has 10 heteroatoms. The number of thiocarbonyl (C=S) groups is 1. The largest absolute Gasteiger partial charge is 0.451 e. The number of piperidine rings is 1. The summed E-state index contributed by atoms with van der Waals surface area (Å²) >= 11 is 5.49.